The summed E-state index contributed by atoms with van der Waals surface area (Å²) in [7, 11) is 3.46. The average Bonchev–Trinajstić information content (AvgIpc) is 3.29. The molecule has 27 heavy (non-hydrogen) atoms. The topological polar surface area (TPSA) is 69.1 Å². The minimum absolute atomic E-state index is 0.0334. The number of hydrogen-bond acceptors (Lipinski definition) is 6. The van der Waals surface area contributed by atoms with E-state index in [0.29, 0.717) is 6.61 Å². The Morgan fingerprint density at radius 3 is 3.04 bits per heavy atom. The first kappa shape index (κ1) is 17.8. The average molecular weight is 372 g/mol. The van der Waals surface area contributed by atoms with E-state index in [0.717, 1.165) is 36.8 Å². The fraction of sp³-hybridized carbons (Fsp3) is 0.474. The number of hydrogen-bond donors (Lipinski definition) is 0. The molecule has 8 nitrogen and oxygen atoms in total. The lowest BCUT2D eigenvalue weighted by Gasteiger charge is -2.34. The summed E-state index contributed by atoms with van der Waals surface area (Å²) in [6, 6.07) is 6.19. The van der Waals surface area contributed by atoms with E-state index in [1.165, 1.54) is 10.5 Å². The number of likely N-dealkylation sites (N-methyl/N-ethyl adjacent to an activating group) is 1. The Morgan fingerprint density at radius 1 is 1.33 bits per heavy atom. The van der Waals surface area contributed by atoms with Crippen LogP contribution in [0.2, 0.25) is 0 Å². The molecule has 8 heteroatoms. The van der Waals surface area contributed by atoms with Gasteiger partial charge in [-0.3, -0.25) is 9.69 Å². The monoisotopic (exact) mass is 372 g/mol. The summed E-state index contributed by atoms with van der Waals surface area (Å²) in [6.07, 6.45) is 3.73. The fourth-order valence-corrected chi connectivity index (χ4v) is 3.43. The van der Waals surface area contributed by atoms with Gasteiger partial charge in [0.15, 0.2) is 11.5 Å². The third-order valence-corrected chi connectivity index (χ3v) is 4.87. The van der Waals surface area contributed by atoms with E-state index in [9.17, 15) is 4.79 Å². The van der Waals surface area contributed by atoms with Gasteiger partial charge >= 0.3 is 0 Å². The van der Waals surface area contributed by atoms with Crippen molar-refractivity contribution >= 4 is 5.91 Å². The van der Waals surface area contributed by atoms with E-state index < -0.39 is 0 Å². The molecule has 1 aromatic carbocycles. The summed E-state index contributed by atoms with van der Waals surface area (Å²) in [4.78, 5) is 19.9. The number of carbonyl (C=O) groups is 1. The molecule has 144 valence electrons. The molecule has 3 heterocycles. The highest BCUT2D eigenvalue weighted by atomic mass is 16.7. The Kier molecular flexibility index (Phi) is 5.00. The Morgan fingerprint density at radius 2 is 2.19 bits per heavy atom. The maximum Gasteiger partial charge on any atom is 0.248 e. The van der Waals surface area contributed by atoms with Crippen molar-refractivity contribution in [3.05, 3.63) is 42.0 Å². The molecule has 2 aromatic rings. The number of fused-ring (bicyclic) bond motifs is 2. The van der Waals surface area contributed by atoms with Crippen LogP contribution in [0.3, 0.4) is 0 Å². The predicted molar refractivity (Wildman–Crippen MR) is 97.5 cm³/mol. The van der Waals surface area contributed by atoms with Gasteiger partial charge in [0.1, 0.15) is 6.61 Å². The zero-order chi connectivity index (χ0) is 18.8. The van der Waals surface area contributed by atoms with E-state index in [2.05, 4.69) is 20.5 Å². The van der Waals surface area contributed by atoms with Gasteiger partial charge in [0, 0.05) is 39.9 Å². The molecule has 0 radical (unpaired) electrons. The molecular weight excluding hydrogens is 348 g/mol. The molecule has 4 rings (SSSR count). The number of ether oxygens (including phenoxy) is 3. The Labute approximate surface area is 158 Å². The number of amides is 1. The number of rotatable bonds is 6. The molecule has 0 saturated heterocycles. The van der Waals surface area contributed by atoms with Crippen LogP contribution in [0.4, 0.5) is 0 Å². The quantitative estimate of drug-likeness (QED) is 0.761. The van der Waals surface area contributed by atoms with E-state index in [1.54, 1.807) is 14.1 Å². The highest BCUT2D eigenvalue weighted by Crippen LogP contribution is 2.33. The van der Waals surface area contributed by atoms with Crippen molar-refractivity contribution in [3.8, 4) is 11.5 Å². The first-order valence-corrected chi connectivity index (χ1v) is 8.99. The summed E-state index contributed by atoms with van der Waals surface area (Å²) in [5.74, 6) is 1.57. The van der Waals surface area contributed by atoms with Gasteiger partial charge < -0.3 is 23.7 Å². The maximum absolute atomic E-state index is 11.7. The van der Waals surface area contributed by atoms with Crippen molar-refractivity contribution in [2.24, 2.45) is 0 Å². The first-order chi connectivity index (χ1) is 13.1. The van der Waals surface area contributed by atoms with Crippen LogP contribution in [0.25, 0.3) is 0 Å². The minimum Gasteiger partial charge on any atom is -0.454 e. The molecule has 0 aliphatic carbocycles. The Hall–Kier alpha value is -2.58. The van der Waals surface area contributed by atoms with Gasteiger partial charge in [-0.2, -0.15) is 0 Å². The summed E-state index contributed by atoms with van der Waals surface area (Å²) in [5, 5.41) is 0. The minimum atomic E-state index is -0.0334. The van der Waals surface area contributed by atoms with Gasteiger partial charge in [-0.15, -0.1) is 0 Å². The van der Waals surface area contributed by atoms with Crippen LogP contribution in [0.15, 0.2) is 30.7 Å². The van der Waals surface area contributed by atoms with E-state index in [4.69, 9.17) is 14.2 Å². The lowest BCUT2D eigenvalue weighted by Crippen LogP contribution is -2.39. The third kappa shape index (κ3) is 3.91. The van der Waals surface area contributed by atoms with Crippen molar-refractivity contribution in [1.29, 1.82) is 0 Å². The lowest BCUT2D eigenvalue weighted by atomic mass is 10.1. The molecule has 1 atom stereocenters. The summed E-state index contributed by atoms with van der Waals surface area (Å²) < 4.78 is 18.7. The van der Waals surface area contributed by atoms with E-state index >= 15 is 0 Å². The van der Waals surface area contributed by atoms with Crippen LogP contribution < -0.4 is 9.47 Å². The fourth-order valence-electron chi connectivity index (χ4n) is 3.43. The largest absolute Gasteiger partial charge is 0.454 e. The molecule has 1 amide bonds. The van der Waals surface area contributed by atoms with Crippen molar-refractivity contribution in [2.45, 2.75) is 19.1 Å². The normalized spacial score (nSPS) is 18.4. The first-order valence-electron chi connectivity index (χ1n) is 8.99. The smallest absolute Gasteiger partial charge is 0.248 e. The van der Waals surface area contributed by atoms with Crippen molar-refractivity contribution in [2.75, 3.05) is 40.6 Å². The van der Waals surface area contributed by atoms with Crippen LogP contribution in [-0.2, 0) is 22.6 Å². The van der Waals surface area contributed by atoms with Crippen molar-refractivity contribution < 1.29 is 19.0 Å². The zero-order valence-corrected chi connectivity index (χ0v) is 15.6. The van der Waals surface area contributed by atoms with Crippen LogP contribution in [0.1, 0.15) is 17.3 Å². The van der Waals surface area contributed by atoms with Crippen molar-refractivity contribution in [3.63, 3.8) is 0 Å². The standard InChI is InChI=1S/C19H24N4O4/c1-21(2)19(24)11-25-10-16-9-22(8-15-6-20-12-23(15)16)7-14-3-4-17-18(5-14)27-13-26-17/h3-6,12,16H,7-11,13H2,1-2H3/t16-/m1/s1. The van der Waals surface area contributed by atoms with Crippen molar-refractivity contribution in [1.82, 2.24) is 19.4 Å². The summed E-state index contributed by atoms with van der Waals surface area (Å²) >= 11 is 0. The molecule has 0 saturated carbocycles. The highest BCUT2D eigenvalue weighted by molar-refractivity contribution is 5.76. The summed E-state index contributed by atoms with van der Waals surface area (Å²) in [6.45, 7) is 3.30. The molecule has 0 fully saturated rings. The highest BCUT2D eigenvalue weighted by Gasteiger charge is 2.26. The SMILES string of the molecule is CN(C)C(=O)COC[C@H]1CN(Cc2ccc3c(c2)OCO3)Cc2cncn21. The molecular formula is C19H24N4O4. The second-order valence-electron chi connectivity index (χ2n) is 7.11. The third-order valence-electron chi connectivity index (χ3n) is 4.87. The molecule has 2 aliphatic rings. The van der Waals surface area contributed by atoms with Gasteiger partial charge in [-0.05, 0) is 17.7 Å². The zero-order valence-electron chi connectivity index (χ0n) is 15.6. The summed E-state index contributed by atoms with van der Waals surface area (Å²) in [5.41, 5.74) is 2.32. The maximum atomic E-state index is 11.7. The second-order valence-corrected chi connectivity index (χ2v) is 7.11. The second kappa shape index (κ2) is 7.58. The van der Waals surface area contributed by atoms with Crippen LogP contribution in [0, 0.1) is 0 Å². The Balaban J connectivity index is 1.41. The van der Waals surface area contributed by atoms with E-state index in [-0.39, 0.29) is 25.3 Å². The van der Waals surface area contributed by atoms with Gasteiger partial charge in [-0.25, -0.2) is 4.98 Å². The van der Waals surface area contributed by atoms with Crippen LogP contribution >= 0.6 is 0 Å². The van der Waals surface area contributed by atoms with Crippen LogP contribution in [-0.4, -0.2) is 65.9 Å². The molecule has 0 bridgehead atoms. The number of carbonyl (C=O) groups excluding carboxylic acids is 1. The molecule has 1 aromatic heterocycles. The molecule has 2 aliphatic heterocycles. The number of aromatic nitrogens is 2. The van der Waals surface area contributed by atoms with Crippen LogP contribution in [0.5, 0.6) is 11.5 Å². The molecule has 0 spiro atoms. The number of nitrogens with zero attached hydrogens (tertiary/aromatic N) is 4. The van der Waals surface area contributed by atoms with Gasteiger partial charge in [0.2, 0.25) is 12.7 Å². The predicted octanol–water partition coefficient (Wildman–Crippen LogP) is 1.27. The van der Waals surface area contributed by atoms with Gasteiger partial charge in [-0.1, -0.05) is 6.07 Å². The number of benzene rings is 1. The van der Waals surface area contributed by atoms with E-state index in [1.807, 2.05) is 24.7 Å². The molecule has 0 N–H and O–H groups in total. The molecule has 0 unspecified atom stereocenters. The Bertz CT molecular complexity index is 820. The number of imidazole rings is 1. The van der Waals surface area contributed by atoms with Gasteiger partial charge in [0.05, 0.1) is 24.7 Å². The van der Waals surface area contributed by atoms with Gasteiger partial charge in [0.25, 0.3) is 0 Å². The lowest BCUT2D eigenvalue weighted by molar-refractivity contribution is -0.134.